The van der Waals surface area contributed by atoms with Crippen LogP contribution in [0.15, 0.2) is 84.9 Å². The van der Waals surface area contributed by atoms with Crippen molar-refractivity contribution in [1.82, 2.24) is 0 Å². The van der Waals surface area contributed by atoms with Crippen LogP contribution >= 0.6 is 0 Å². The van der Waals surface area contributed by atoms with Gasteiger partial charge in [0.2, 0.25) is 0 Å². The first kappa shape index (κ1) is 26.9. The molecular formula is C32H30N2O6. The molecule has 1 fully saturated rings. The van der Waals surface area contributed by atoms with Crippen LogP contribution in [-0.4, -0.2) is 9.85 Å². The third-order valence-electron chi connectivity index (χ3n) is 7.57. The number of nitro groups is 2. The van der Waals surface area contributed by atoms with Crippen molar-refractivity contribution in [3.63, 3.8) is 0 Å². The fraction of sp³-hybridized carbons (Fsp3) is 0.250. The molecule has 1 saturated carbocycles. The van der Waals surface area contributed by atoms with Gasteiger partial charge in [0, 0.05) is 24.3 Å². The standard InChI is InChI=1S/C32H30N2O6/c1-21-18-25(6-16-31(21)39-29-12-8-27(9-13-29)33(35)36)23-4-3-5-24(20-23)26-7-17-32(22(2)19-26)40-30-14-10-28(11-15-30)34(37)38/h6-19,23-24H,3-5,20H2,1-2H3. The summed E-state index contributed by atoms with van der Waals surface area (Å²) < 4.78 is 12.0. The van der Waals surface area contributed by atoms with Gasteiger partial charge in [-0.25, -0.2) is 0 Å². The first-order chi connectivity index (χ1) is 19.3. The third-order valence-corrected chi connectivity index (χ3v) is 7.57. The van der Waals surface area contributed by atoms with E-state index < -0.39 is 9.85 Å². The Labute approximate surface area is 232 Å². The van der Waals surface area contributed by atoms with Gasteiger partial charge in [-0.2, -0.15) is 0 Å². The van der Waals surface area contributed by atoms with Crippen molar-refractivity contribution >= 4 is 11.4 Å². The Bertz CT molecular complexity index is 1420. The monoisotopic (exact) mass is 538 g/mol. The molecule has 2 unspecified atom stereocenters. The molecule has 8 nitrogen and oxygen atoms in total. The molecule has 2 atom stereocenters. The molecule has 0 aliphatic heterocycles. The van der Waals surface area contributed by atoms with E-state index in [4.69, 9.17) is 9.47 Å². The van der Waals surface area contributed by atoms with E-state index in [0.29, 0.717) is 23.3 Å². The zero-order chi connectivity index (χ0) is 28.2. The molecule has 0 aromatic heterocycles. The van der Waals surface area contributed by atoms with Crippen LogP contribution in [0, 0.1) is 34.1 Å². The lowest BCUT2D eigenvalue weighted by molar-refractivity contribution is -0.385. The normalized spacial score (nSPS) is 16.8. The smallest absolute Gasteiger partial charge is 0.269 e. The molecule has 0 spiro atoms. The molecule has 4 aromatic rings. The summed E-state index contributed by atoms with van der Waals surface area (Å²) in [4.78, 5) is 20.9. The van der Waals surface area contributed by atoms with Crippen LogP contribution in [0.2, 0.25) is 0 Å². The summed E-state index contributed by atoms with van der Waals surface area (Å²) in [6.45, 7) is 4.05. The van der Waals surface area contributed by atoms with Gasteiger partial charge in [-0.3, -0.25) is 20.2 Å². The van der Waals surface area contributed by atoms with E-state index in [-0.39, 0.29) is 11.4 Å². The van der Waals surface area contributed by atoms with Gasteiger partial charge in [0.05, 0.1) is 9.85 Å². The molecule has 0 N–H and O–H groups in total. The first-order valence-corrected chi connectivity index (χ1v) is 13.3. The Morgan fingerprint density at radius 2 is 1.02 bits per heavy atom. The van der Waals surface area contributed by atoms with Gasteiger partial charge in [0.25, 0.3) is 11.4 Å². The van der Waals surface area contributed by atoms with Crippen LogP contribution in [0.5, 0.6) is 23.0 Å². The second-order valence-corrected chi connectivity index (χ2v) is 10.3. The van der Waals surface area contributed by atoms with E-state index in [1.165, 1.54) is 35.4 Å². The Kier molecular flexibility index (Phi) is 7.77. The number of benzene rings is 4. The number of ether oxygens (including phenoxy) is 2. The predicted octanol–water partition coefficient (Wildman–Crippen LogP) is 9.15. The summed E-state index contributed by atoms with van der Waals surface area (Å²) in [6.07, 6.45) is 4.48. The van der Waals surface area contributed by atoms with Crippen molar-refractivity contribution in [3.8, 4) is 23.0 Å². The average molecular weight is 539 g/mol. The summed E-state index contributed by atoms with van der Waals surface area (Å²) in [5.74, 6) is 3.50. The van der Waals surface area contributed by atoms with Crippen LogP contribution in [0.4, 0.5) is 11.4 Å². The number of aryl methyl sites for hydroxylation is 2. The molecule has 40 heavy (non-hydrogen) atoms. The number of nitrogens with zero attached hydrogens (tertiary/aromatic N) is 2. The number of non-ortho nitro benzene ring substituents is 2. The van der Waals surface area contributed by atoms with Crippen LogP contribution in [0.25, 0.3) is 0 Å². The maximum atomic E-state index is 10.9. The highest BCUT2D eigenvalue weighted by Crippen LogP contribution is 2.43. The van der Waals surface area contributed by atoms with Gasteiger partial charge in [-0.15, -0.1) is 0 Å². The van der Waals surface area contributed by atoms with Crippen LogP contribution in [-0.2, 0) is 0 Å². The Morgan fingerprint density at radius 1 is 0.625 bits per heavy atom. The quantitative estimate of drug-likeness (QED) is 0.164. The minimum absolute atomic E-state index is 0.0353. The largest absolute Gasteiger partial charge is 0.457 e. The van der Waals surface area contributed by atoms with E-state index in [9.17, 15) is 20.2 Å². The highest BCUT2D eigenvalue weighted by molar-refractivity contribution is 5.45. The number of rotatable bonds is 8. The predicted molar refractivity (Wildman–Crippen MR) is 153 cm³/mol. The number of nitro benzene ring substituents is 2. The molecule has 1 aliphatic rings. The van der Waals surface area contributed by atoms with E-state index in [0.717, 1.165) is 48.3 Å². The molecule has 0 amide bonds. The summed E-state index contributed by atoms with van der Waals surface area (Å²) >= 11 is 0. The number of hydrogen-bond acceptors (Lipinski definition) is 6. The average Bonchev–Trinajstić information content (AvgIpc) is 2.96. The highest BCUT2D eigenvalue weighted by Gasteiger charge is 2.25. The van der Waals surface area contributed by atoms with E-state index in [2.05, 4.69) is 24.3 Å². The molecule has 1 aliphatic carbocycles. The number of hydrogen-bond donors (Lipinski definition) is 0. The zero-order valence-corrected chi connectivity index (χ0v) is 22.4. The van der Waals surface area contributed by atoms with Crippen LogP contribution < -0.4 is 9.47 Å². The van der Waals surface area contributed by atoms with Gasteiger partial charge < -0.3 is 9.47 Å². The fourth-order valence-electron chi connectivity index (χ4n) is 5.40. The van der Waals surface area contributed by atoms with Crippen molar-refractivity contribution in [3.05, 3.63) is 127 Å². The Morgan fingerprint density at radius 3 is 1.38 bits per heavy atom. The molecule has 0 bridgehead atoms. The minimum atomic E-state index is -0.424. The maximum absolute atomic E-state index is 10.9. The van der Waals surface area contributed by atoms with E-state index >= 15 is 0 Å². The van der Waals surface area contributed by atoms with Gasteiger partial charge in [0.15, 0.2) is 0 Å². The van der Waals surface area contributed by atoms with Crippen molar-refractivity contribution < 1.29 is 19.3 Å². The van der Waals surface area contributed by atoms with Gasteiger partial charge in [-0.1, -0.05) is 30.7 Å². The molecule has 8 heteroatoms. The van der Waals surface area contributed by atoms with Crippen molar-refractivity contribution in [2.75, 3.05) is 0 Å². The third kappa shape index (κ3) is 6.12. The molecule has 0 heterocycles. The van der Waals surface area contributed by atoms with E-state index in [1.54, 1.807) is 24.3 Å². The molecule has 5 rings (SSSR count). The lowest BCUT2D eigenvalue weighted by atomic mass is 9.75. The topological polar surface area (TPSA) is 105 Å². The Hall–Kier alpha value is -4.72. The molecule has 0 radical (unpaired) electrons. The highest BCUT2D eigenvalue weighted by atomic mass is 16.6. The lowest BCUT2D eigenvalue weighted by Crippen LogP contribution is -2.13. The van der Waals surface area contributed by atoms with Crippen molar-refractivity contribution in [1.29, 1.82) is 0 Å². The minimum Gasteiger partial charge on any atom is -0.457 e. The lowest BCUT2D eigenvalue weighted by Gasteiger charge is -2.30. The molecular weight excluding hydrogens is 508 g/mol. The summed E-state index contributed by atoms with van der Waals surface area (Å²) in [7, 11) is 0. The first-order valence-electron chi connectivity index (χ1n) is 13.3. The van der Waals surface area contributed by atoms with Crippen molar-refractivity contribution in [2.45, 2.75) is 51.4 Å². The summed E-state index contributed by atoms with van der Waals surface area (Å²) in [5.41, 5.74) is 4.73. The molecule has 4 aromatic carbocycles. The van der Waals surface area contributed by atoms with Gasteiger partial charge in [-0.05, 0) is 104 Å². The molecule has 0 saturated heterocycles. The van der Waals surface area contributed by atoms with Gasteiger partial charge >= 0.3 is 0 Å². The Balaban J connectivity index is 1.25. The van der Waals surface area contributed by atoms with E-state index in [1.807, 2.05) is 26.0 Å². The maximum Gasteiger partial charge on any atom is 0.269 e. The zero-order valence-electron chi connectivity index (χ0n) is 22.4. The fourth-order valence-corrected chi connectivity index (χ4v) is 5.40. The van der Waals surface area contributed by atoms with Gasteiger partial charge in [0.1, 0.15) is 23.0 Å². The second-order valence-electron chi connectivity index (χ2n) is 10.3. The SMILES string of the molecule is Cc1cc(C2CCCC(c3ccc(Oc4ccc([N+](=O)[O-])cc4)c(C)c3)C2)ccc1Oc1ccc([N+](=O)[O-])cc1. The van der Waals surface area contributed by atoms with Crippen LogP contribution in [0.1, 0.15) is 59.8 Å². The van der Waals surface area contributed by atoms with Crippen molar-refractivity contribution in [2.24, 2.45) is 0 Å². The van der Waals surface area contributed by atoms with Crippen LogP contribution in [0.3, 0.4) is 0 Å². The second kappa shape index (κ2) is 11.6. The summed E-state index contributed by atoms with van der Waals surface area (Å²) in [6, 6.07) is 24.9. The summed E-state index contributed by atoms with van der Waals surface area (Å²) in [5, 5.41) is 21.8. The molecule has 204 valence electrons.